The number of ether oxygens (including phenoxy) is 2. The molecule has 3 nitrogen and oxygen atoms in total. The lowest BCUT2D eigenvalue weighted by atomic mass is 10.1. The fourth-order valence-corrected chi connectivity index (χ4v) is 4.53. The summed E-state index contributed by atoms with van der Waals surface area (Å²) < 4.78 is 12.4. The van der Waals surface area contributed by atoms with E-state index in [1.807, 2.05) is 0 Å². The van der Waals surface area contributed by atoms with Crippen molar-refractivity contribution in [2.24, 2.45) is 0 Å². The van der Waals surface area contributed by atoms with Gasteiger partial charge in [-0.1, -0.05) is 95.8 Å². The van der Waals surface area contributed by atoms with Crippen LogP contribution in [0.1, 0.15) is 108 Å². The Morgan fingerprint density at radius 2 is 1.32 bits per heavy atom. The van der Waals surface area contributed by atoms with Gasteiger partial charge in [0.25, 0.3) is 0 Å². The minimum atomic E-state index is 0.738. The zero-order valence-corrected chi connectivity index (χ0v) is 23.4. The summed E-state index contributed by atoms with van der Waals surface area (Å²) in [6, 6.07) is 16.8. The number of nitrogens with zero attached hydrogens (tertiary/aromatic N) is 1. The first-order valence-electron chi connectivity index (χ1n) is 14.6. The van der Waals surface area contributed by atoms with Gasteiger partial charge in [-0.25, -0.2) is 4.98 Å². The van der Waals surface area contributed by atoms with Gasteiger partial charge in [0, 0.05) is 17.0 Å². The van der Waals surface area contributed by atoms with Gasteiger partial charge in [0.1, 0.15) is 11.5 Å². The van der Waals surface area contributed by atoms with Crippen LogP contribution < -0.4 is 9.47 Å². The fraction of sp³-hybridized carbons (Fsp3) is 0.500. The van der Waals surface area contributed by atoms with Crippen molar-refractivity contribution in [1.29, 1.82) is 0 Å². The maximum absolute atomic E-state index is 6.28. The lowest BCUT2D eigenvalue weighted by Crippen LogP contribution is -2.01. The Labute approximate surface area is 225 Å². The molecule has 0 saturated heterocycles. The molecule has 3 heteroatoms. The minimum Gasteiger partial charge on any atom is -0.493 e. The molecule has 1 aromatic heterocycles. The highest BCUT2D eigenvalue weighted by atomic mass is 16.5. The largest absolute Gasteiger partial charge is 0.493 e. The Morgan fingerprint density at radius 1 is 0.649 bits per heavy atom. The van der Waals surface area contributed by atoms with E-state index < -0.39 is 0 Å². The van der Waals surface area contributed by atoms with Crippen LogP contribution in [0.5, 0.6) is 11.5 Å². The van der Waals surface area contributed by atoms with Crippen molar-refractivity contribution in [3.8, 4) is 11.5 Å². The van der Waals surface area contributed by atoms with Gasteiger partial charge in [-0.2, -0.15) is 0 Å². The van der Waals surface area contributed by atoms with E-state index in [-0.39, 0.29) is 0 Å². The molecule has 0 radical (unpaired) electrons. The van der Waals surface area contributed by atoms with Crippen LogP contribution in [0, 0.1) is 6.92 Å². The number of hydrogen-bond acceptors (Lipinski definition) is 3. The molecule has 200 valence electrons. The van der Waals surface area contributed by atoms with Crippen molar-refractivity contribution < 1.29 is 9.47 Å². The van der Waals surface area contributed by atoms with Crippen LogP contribution in [0.2, 0.25) is 0 Å². The number of unbranched alkanes of at least 4 members (excludes halogenated alkanes) is 10. The first-order valence-corrected chi connectivity index (χ1v) is 14.6. The SMILES string of the molecule is CCCCCCCCOc1ccc(C=Cc2ccc3cc(C)ccc3n2)c(OCCCCCCCC)c1. The first-order chi connectivity index (χ1) is 18.2. The third kappa shape index (κ3) is 10.6. The van der Waals surface area contributed by atoms with Gasteiger partial charge in [0.05, 0.1) is 24.4 Å². The Hall–Kier alpha value is -2.81. The first kappa shape index (κ1) is 28.8. The standard InChI is InChI=1S/C34H47NO2/c1-4-6-8-10-12-14-24-36-32-22-19-29(34(27-32)37-25-15-13-11-9-7-5-2)17-20-31-21-18-30-26-28(3)16-23-33(30)35-31/h16-23,26-27H,4-15,24-25H2,1-3H3. The van der Waals surface area contributed by atoms with Gasteiger partial charge in [0.15, 0.2) is 0 Å². The molecule has 0 amide bonds. The second-order valence-electron chi connectivity index (χ2n) is 10.2. The van der Waals surface area contributed by atoms with Crippen molar-refractivity contribution >= 4 is 23.1 Å². The molecule has 0 atom stereocenters. The van der Waals surface area contributed by atoms with Crippen LogP contribution in [0.25, 0.3) is 23.1 Å². The van der Waals surface area contributed by atoms with Gasteiger partial charge in [0.2, 0.25) is 0 Å². The monoisotopic (exact) mass is 501 g/mol. The second-order valence-corrected chi connectivity index (χ2v) is 10.2. The number of aromatic nitrogens is 1. The van der Waals surface area contributed by atoms with E-state index in [0.717, 1.165) is 54.3 Å². The van der Waals surface area contributed by atoms with Gasteiger partial charge in [-0.05, 0) is 62.2 Å². The average molecular weight is 502 g/mol. The summed E-state index contributed by atoms with van der Waals surface area (Å²) in [4.78, 5) is 4.81. The van der Waals surface area contributed by atoms with Crippen LogP contribution >= 0.6 is 0 Å². The van der Waals surface area contributed by atoms with Crippen LogP contribution in [-0.2, 0) is 0 Å². The highest BCUT2D eigenvalue weighted by Gasteiger charge is 2.06. The number of rotatable bonds is 18. The van der Waals surface area contributed by atoms with Crippen molar-refractivity contribution in [2.75, 3.05) is 13.2 Å². The van der Waals surface area contributed by atoms with Crippen molar-refractivity contribution in [2.45, 2.75) is 97.8 Å². The number of fused-ring (bicyclic) bond motifs is 1. The highest BCUT2D eigenvalue weighted by Crippen LogP contribution is 2.28. The molecule has 37 heavy (non-hydrogen) atoms. The molecular formula is C34H47NO2. The third-order valence-corrected chi connectivity index (χ3v) is 6.81. The topological polar surface area (TPSA) is 31.4 Å². The molecule has 3 rings (SSSR count). The molecule has 0 bridgehead atoms. The van der Waals surface area contributed by atoms with Gasteiger partial charge in [-0.3, -0.25) is 0 Å². The normalized spacial score (nSPS) is 11.4. The van der Waals surface area contributed by atoms with E-state index in [1.54, 1.807) is 0 Å². The molecule has 2 aromatic carbocycles. The Morgan fingerprint density at radius 3 is 2.05 bits per heavy atom. The number of aryl methyl sites for hydroxylation is 1. The Balaban J connectivity index is 1.62. The predicted octanol–water partition coefficient (Wildman–Crippen LogP) is 10.2. The van der Waals surface area contributed by atoms with Crippen LogP contribution in [-0.4, -0.2) is 18.2 Å². The maximum atomic E-state index is 6.28. The van der Waals surface area contributed by atoms with E-state index >= 15 is 0 Å². The molecule has 0 aliphatic rings. The summed E-state index contributed by atoms with van der Waals surface area (Å²) in [6.07, 6.45) is 19.3. The lowest BCUT2D eigenvalue weighted by Gasteiger charge is -2.13. The number of hydrogen-bond donors (Lipinski definition) is 0. The third-order valence-electron chi connectivity index (χ3n) is 6.81. The molecule has 0 N–H and O–H groups in total. The summed E-state index contributed by atoms with van der Waals surface area (Å²) in [7, 11) is 0. The quantitative estimate of drug-likeness (QED) is 0.162. The summed E-state index contributed by atoms with van der Waals surface area (Å²) in [5, 5.41) is 1.17. The Bertz CT molecular complexity index is 1090. The zero-order chi connectivity index (χ0) is 26.1. The maximum Gasteiger partial charge on any atom is 0.130 e. The van der Waals surface area contributed by atoms with E-state index in [9.17, 15) is 0 Å². The summed E-state index contributed by atoms with van der Waals surface area (Å²) in [5.74, 6) is 1.78. The Kier molecular flexibility index (Phi) is 13.1. The molecule has 3 aromatic rings. The molecule has 0 aliphatic heterocycles. The van der Waals surface area contributed by atoms with Crippen molar-refractivity contribution in [3.05, 3.63) is 65.4 Å². The van der Waals surface area contributed by atoms with Gasteiger partial charge in [-0.15, -0.1) is 0 Å². The van der Waals surface area contributed by atoms with E-state index in [0.29, 0.717) is 0 Å². The fourth-order valence-electron chi connectivity index (χ4n) is 4.53. The summed E-state index contributed by atoms with van der Waals surface area (Å²) in [6.45, 7) is 8.13. The lowest BCUT2D eigenvalue weighted by molar-refractivity contribution is 0.289. The average Bonchev–Trinajstić information content (AvgIpc) is 2.91. The minimum absolute atomic E-state index is 0.738. The molecule has 0 saturated carbocycles. The van der Waals surface area contributed by atoms with Gasteiger partial charge < -0.3 is 9.47 Å². The zero-order valence-electron chi connectivity index (χ0n) is 23.4. The van der Waals surface area contributed by atoms with E-state index in [4.69, 9.17) is 14.5 Å². The molecule has 0 spiro atoms. The molecule has 1 heterocycles. The molecular weight excluding hydrogens is 454 g/mol. The second kappa shape index (κ2) is 16.8. The summed E-state index contributed by atoms with van der Waals surface area (Å²) >= 11 is 0. The van der Waals surface area contributed by atoms with E-state index in [1.165, 1.54) is 75.2 Å². The highest BCUT2D eigenvalue weighted by molar-refractivity contribution is 5.82. The molecule has 0 unspecified atom stereocenters. The van der Waals surface area contributed by atoms with Crippen LogP contribution in [0.4, 0.5) is 0 Å². The van der Waals surface area contributed by atoms with Crippen molar-refractivity contribution in [1.82, 2.24) is 4.98 Å². The smallest absolute Gasteiger partial charge is 0.130 e. The van der Waals surface area contributed by atoms with E-state index in [2.05, 4.69) is 81.5 Å². The predicted molar refractivity (Wildman–Crippen MR) is 160 cm³/mol. The number of pyridine rings is 1. The molecule has 0 fully saturated rings. The summed E-state index contributed by atoms with van der Waals surface area (Å²) in [5.41, 5.74) is 4.28. The van der Waals surface area contributed by atoms with Crippen LogP contribution in [0.15, 0.2) is 48.5 Å². The van der Waals surface area contributed by atoms with Crippen molar-refractivity contribution in [3.63, 3.8) is 0 Å². The van der Waals surface area contributed by atoms with Crippen LogP contribution in [0.3, 0.4) is 0 Å². The number of benzene rings is 2. The molecule has 0 aliphatic carbocycles. The van der Waals surface area contributed by atoms with Gasteiger partial charge >= 0.3 is 0 Å².